The summed E-state index contributed by atoms with van der Waals surface area (Å²) in [6.07, 6.45) is 0. The van der Waals surface area contributed by atoms with Gasteiger partial charge < -0.3 is 10.2 Å². The maximum absolute atomic E-state index is 9.37. The molecule has 0 aliphatic carbocycles. The number of hydrogen-bond acceptors (Lipinski definition) is 4. The van der Waals surface area contributed by atoms with Crippen molar-refractivity contribution < 1.29 is 10.2 Å². The molecule has 0 bridgehead atoms. The van der Waals surface area contributed by atoms with Crippen LogP contribution in [0.25, 0.3) is 21.5 Å². The van der Waals surface area contributed by atoms with Crippen LogP contribution in [0.4, 0.5) is 11.4 Å². The van der Waals surface area contributed by atoms with Crippen molar-refractivity contribution in [2.75, 3.05) is 0 Å². The van der Waals surface area contributed by atoms with Crippen LogP contribution in [-0.2, 0) is 0 Å². The molecule has 4 heteroatoms. The molecule has 0 aromatic heterocycles. The van der Waals surface area contributed by atoms with Crippen molar-refractivity contribution in [3.05, 3.63) is 146 Å². The van der Waals surface area contributed by atoms with Gasteiger partial charge in [0, 0.05) is 10.8 Å². The summed E-state index contributed by atoms with van der Waals surface area (Å²) in [7, 11) is 0. The molecule has 0 fully saturated rings. The fraction of sp³-hybridized carbons (Fsp3) is 0. The van der Waals surface area contributed by atoms with E-state index in [2.05, 4.69) is 10.2 Å². The van der Waals surface area contributed by atoms with Gasteiger partial charge in [0.25, 0.3) is 0 Å². The van der Waals surface area contributed by atoms with E-state index in [4.69, 9.17) is 0 Å². The molecular formula is C32H26N2O2. The molecule has 2 N–H and O–H groups in total. The van der Waals surface area contributed by atoms with Crippen LogP contribution >= 0.6 is 0 Å². The van der Waals surface area contributed by atoms with Crippen LogP contribution in [0.2, 0.25) is 0 Å². The van der Waals surface area contributed by atoms with Crippen LogP contribution in [0.15, 0.2) is 156 Å². The van der Waals surface area contributed by atoms with Crippen LogP contribution < -0.4 is 0 Å². The number of rotatable bonds is 2. The zero-order valence-electron chi connectivity index (χ0n) is 19.6. The summed E-state index contributed by atoms with van der Waals surface area (Å²) in [6.45, 7) is 0. The van der Waals surface area contributed by atoms with Crippen LogP contribution in [0.3, 0.4) is 0 Å². The average molecular weight is 471 g/mol. The molecule has 6 aromatic carbocycles. The van der Waals surface area contributed by atoms with Gasteiger partial charge in [-0.2, -0.15) is 10.2 Å². The smallest absolute Gasteiger partial charge is 0.123 e. The summed E-state index contributed by atoms with van der Waals surface area (Å²) in [5, 5.41) is 30.9. The summed E-state index contributed by atoms with van der Waals surface area (Å²) in [5.41, 5.74) is 1.74. The quantitative estimate of drug-likeness (QED) is 0.248. The Hall–Kier alpha value is -4.96. The number of fused-ring (bicyclic) bond motifs is 2. The first kappa shape index (κ1) is 24.2. The first-order valence-corrected chi connectivity index (χ1v) is 11.6. The van der Waals surface area contributed by atoms with Crippen molar-refractivity contribution in [2.24, 2.45) is 10.2 Å². The van der Waals surface area contributed by atoms with Gasteiger partial charge in [-0.15, -0.1) is 0 Å². The van der Waals surface area contributed by atoms with E-state index in [1.54, 1.807) is 12.1 Å². The molecule has 0 heterocycles. The molecule has 6 aromatic rings. The molecule has 4 nitrogen and oxygen atoms in total. The molecule has 0 unspecified atom stereocenters. The Balaban J connectivity index is 0.000000128. The molecule has 36 heavy (non-hydrogen) atoms. The van der Waals surface area contributed by atoms with Crippen molar-refractivity contribution in [2.45, 2.75) is 0 Å². The van der Waals surface area contributed by atoms with Crippen LogP contribution in [0.5, 0.6) is 11.5 Å². The lowest BCUT2D eigenvalue weighted by Crippen LogP contribution is -1.70. The summed E-state index contributed by atoms with van der Waals surface area (Å²) < 4.78 is 0. The van der Waals surface area contributed by atoms with Crippen molar-refractivity contribution in [3.63, 3.8) is 0 Å². The zero-order chi connectivity index (χ0) is 25.0. The van der Waals surface area contributed by atoms with E-state index in [1.165, 1.54) is 0 Å². The molecule has 0 atom stereocenters. The van der Waals surface area contributed by atoms with Crippen LogP contribution in [-0.4, -0.2) is 10.2 Å². The lowest BCUT2D eigenvalue weighted by atomic mass is 10.1. The monoisotopic (exact) mass is 470 g/mol. The molecule has 0 saturated heterocycles. The second-order valence-electron chi connectivity index (χ2n) is 7.87. The highest BCUT2D eigenvalue weighted by molar-refractivity contribution is 5.88. The number of phenols is 2. The maximum atomic E-state index is 9.37. The summed E-state index contributed by atoms with van der Waals surface area (Å²) in [4.78, 5) is 0. The summed E-state index contributed by atoms with van der Waals surface area (Å²) >= 11 is 0. The number of aromatic hydroxyl groups is 2. The average Bonchev–Trinajstić information content (AvgIpc) is 2.94. The molecule has 0 radical (unpaired) electrons. The fourth-order valence-electron chi connectivity index (χ4n) is 3.52. The largest absolute Gasteiger partial charge is 0.507 e. The van der Waals surface area contributed by atoms with Gasteiger partial charge in [0.2, 0.25) is 0 Å². The molecule has 6 rings (SSSR count). The molecule has 176 valence electrons. The Bertz CT molecular complexity index is 1420. The molecule has 0 spiro atoms. The minimum Gasteiger partial charge on any atom is -0.507 e. The van der Waals surface area contributed by atoms with Gasteiger partial charge in [0.05, 0.1) is 11.4 Å². The number of benzene rings is 6. The van der Waals surface area contributed by atoms with Crippen molar-refractivity contribution >= 4 is 32.9 Å². The fourth-order valence-corrected chi connectivity index (χ4v) is 3.52. The lowest BCUT2D eigenvalue weighted by molar-refractivity contribution is 0.481. The van der Waals surface area contributed by atoms with E-state index in [0.29, 0.717) is 11.5 Å². The van der Waals surface area contributed by atoms with Gasteiger partial charge in [0.15, 0.2) is 0 Å². The molecule has 0 saturated carbocycles. The zero-order valence-corrected chi connectivity index (χ0v) is 19.6. The summed E-state index contributed by atoms with van der Waals surface area (Å²) in [5.74, 6) is 0.700. The number of hydrogen-bond donors (Lipinski definition) is 2. The minimum absolute atomic E-state index is 0.350. The van der Waals surface area contributed by atoms with E-state index in [1.807, 2.05) is 133 Å². The van der Waals surface area contributed by atoms with E-state index in [9.17, 15) is 10.2 Å². The Kier molecular flexibility index (Phi) is 8.39. The molecule has 0 aliphatic heterocycles. The first-order chi connectivity index (χ1) is 17.7. The Morgan fingerprint density at radius 2 is 0.667 bits per heavy atom. The first-order valence-electron chi connectivity index (χ1n) is 11.6. The Morgan fingerprint density at radius 3 is 1.06 bits per heavy atom. The third kappa shape index (κ3) is 6.78. The van der Waals surface area contributed by atoms with Crippen molar-refractivity contribution in [3.8, 4) is 11.5 Å². The van der Waals surface area contributed by atoms with Crippen molar-refractivity contribution in [1.29, 1.82) is 0 Å². The summed E-state index contributed by atoms with van der Waals surface area (Å²) in [6, 6.07) is 46.0. The molecule has 0 amide bonds. The highest BCUT2D eigenvalue weighted by Gasteiger charge is 1.95. The SMILES string of the molecule is Oc1cccc2ccccc12.Oc1cccc2ccccc12.c1ccc(N=Nc2ccccc2)cc1. The highest BCUT2D eigenvalue weighted by Crippen LogP contribution is 2.24. The highest BCUT2D eigenvalue weighted by atomic mass is 16.3. The van der Waals surface area contributed by atoms with Gasteiger partial charge in [0.1, 0.15) is 11.5 Å². The number of phenolic OH excluding ortho intramolecular Hbond substituents is 2. The molecular weight excluding hydrogens is 444 g/mol. The van der Waals surface area contributed by atoms with Crippen molar-refractivity contribution in [1.82, 2.24) is 0 Å². The third-order valence-corrected chi connectivity index (χ3v) is 5.33. The second kappa shape index (κ2) is 12.5. The molecule has 0 aliphatic rings. The van der Waals surface area contributed by atoms with Gasteiger partial charge in [-0.1, -0.05) is 109 Å². The number of nitrogens with zero attached hydrogens (tertiary/aromatic N) is 2. The second-order valence-corrected chi connectivity index (χ2v) is 7.87. The third-order valence-electron chi connectivity index (χ3n) is 5.33. The normalized spacial score (nSPS) is 10.3. The lowest BCUT2D eigenvalue weighted by Gasteiger charge is -1.97. The van der Waals surface area contributed by atoms with E-state index in [0.717, 1.165) is 32.9 Å². The minimum atomic E-state index is 0.350. The van der Waals surface area contributed by atoms with Crippen LogP contribution in [0.1, 0.15) is 0 Å². The van der Waals surface area contributed by atoms with E-state index >= 15 is 0 Å². The Morgan fingerprint density at radius 1 is 0.333 bits per heavy atom. The van der Waals surface area contributed by atoms with E-state index in [-0.39, 0.29) is 0 Å². The predicted octanol–water partition coefficient (Wildman–Crippen LogP) is 9.19. The van der Waals surface area contributed by atoms with Gasteiger partial charge in [-0.25, -0.2) is 0 Å². The Labute approximate surface area is 210 Å². The topological polar surface area (TPSA) is 65.2 Å². The van der Waals surface area contributed by atoms with Gasteiger partial charge in [-0.05, 0) is 47.2 Å². The van der Waals surface area contributed by atoms with Crippen LogP contribution in [0, 0.1) is 0 Å². The van der Waals surface area contributed by atoms with Gasteiger partial charge >= 0.3 is 0 Å². The number of azo groups is 1. The van der Waals surface area contributed by atoms with E-state index < -0.39 is 0 Å². The predicted molar refractivity (Wildman–Crippen MR) is 148 cm³/mol. The standard InChI is InChI=1S/C12H10N2.2C10H8O/c1-3-7-11(8-4-1)13-14-12-9-5-2-6-10-12;2*11-10-7-3-5-8-4-1-2-6-9(8)10/h1-10H;2*1-7,11H. The van der Waals surface area contributed by atoms with Gasteiger partial charge in [-0.3, -0.25) is 0 Å². The maximum Gasteiger partial charge on any atom is 0.123 e.